The minimum absolute atomic E-state index is 0.485. The molecule has 0 saturated carbocycles. The smallest absolute Gasteiger partial charge is 0.154 e. The number of benzene rings is 2. The van der Waals surface area contributed by atoms with E-state index in [2.05, 4.69) is 0 Å². The van der Waals surface area contributed by atoms with Crippen LogP contribution in [0.1, 0.15) is 0 Å². The number of nitrogen functional groups attached to an aromatic ring is 2. The Labute approximate surface area is 111 Å². The largest absolute Gasteiger partial charge is 0.497 e. The van der Waals surface area contributed by atoms with Crippen LogP contribution < -0.4 is 25.7 Å². The summed E-state index contributed by atoms with van der Waals surface area (Å²) >= 11 is 0. The van der Waals surface area contributed by atoms with Gasteiger partial charge in [-0.15, -0.1) is 0 Å². The summed E-state index contributed by atoms with van der Waals surface area (Å²) in [6.07, 6.45) is 0. The molecule has 0 fully saturated rings. The summed E-state index contributed by atoms with van der Waals surface area (Å²) in [5.74, 6) is 2.29. The second-order valence-corrected chi connectivity index (χ2v) is 3.91. The van der Waals surface area contributed by atoms with Crippen molar-refractivity contribution in [3.63, 3.8) is 0 Å². The Kier molecular flexibility index (Phi) is 3.66. The van der Waals surface area contributed by atoms with Gasteiger partial charge >= 0.3 is 0 Å². The topological polar surface area (TPSA) is 79.7 Å². The van der Waals surface area contributed by atoms with E-state index in [1.165, 1.54) is 0 Å². The highest BCUT2D eigenvalue weighted by Gasteiger charge is 2.08. The molecule has 5 nitrogen and oxygen atoms in total. The molecular formula is C14H16N2O3. The lowest BCUT2D eigenvalue weighted by Crippen LogP contribution is -1.97. The van der Waals surface area contributed by atoms with Gasteiger partial charge in [-0.3, -0.25) is 0 Å². The molecule has 0 heterocycles. The van der Waals surface area contributed by atoms with Gasteiger partial charge in [-0.25, -0.2) is 0 Å². The van der Waals surface area contributed by atoms with Gasteiger partial charge in [0.2, 0.25) is 0 Å². The molecule has 0 unspecified atom stereocenters. The summed E-state index contributed by atoms with van der Waals surface area (Å²) < 4.78 is 16.0. The van der Waals surface area contributed by atoms with Crippen LogP contribution in [-0.2, 0) is 0 Å². The van der Waals surface area contributed by atoms with E-state index in [1.54, 1.807) is 50.6 Å². The average Bonchev–Trinajstić information content (AvgIpc) is 2.43. The lowest BCUT2D eigenvalue weighted by Gasteiger charge is -2.12. The highest BCUT2D eigenvalue weighted by molar-refractivity contribution is 5.61. The molecule has 0 radical (unpaired) electrons. The van der Waals surface area contributed by atoms with E-state index >= 15 is 0 Å². The molecule has 0 aliphatic rings. The summed E-state index contributed by atoms with van der Waals surface area (Å²) in [6, 6.07) is 10.4. The number of methoxy groups -OCH3 is 2. The Hall–Kier alpha value is -2.56. The van der Waals surface area contributed by atoms with Crippen LogP contribution in [0.5, 0.6) is 23.0 Å². The standard InChI is InChI=1S/C14H16N2O3/c1-17-9-3-5-11(15)13(7-9)19-14-8-10(18-2)4-6-12(14)16/h3-8H,15-16H2,1-2H3. The Bertz CT molecular complexity index is 533. The van der Waals surface area contributed by atoms with Gasteiger partial charge in [0.15, 0.2) is 11.5 Å². The molecule has 0 spiro atoms. The number of nitrogens with two attached hydrogens (primary N) is 2. The highest BCUT2D eigenvalue weighted by atomic mass is 16.5. The normalized spacial score (nSPS) is 10.0. The fourth-order valence-corrected chi connectivity index (χ4v) is 1.58. The van der Waals surface area contributed by atoms with E-state index in [0.717, 1.165) is 0 Å². The highest BCUT2D eigenvalue weighted by Crippen LogP contribution is 2.35. The Morgan fingerprint density at radius 1 is 0.737 bits per heavy atom. The fraction of sp³-hybridized carbons (Fsp3) is 0.143. The zero-order valence-electron chi connectivity index (χ0n) is 10.8. The van der Waals surface area contributed by atoms with E-state index in [0.29, 0.717) is 34.4 Å². The molecule has 2 rings (SSSR count). The third-order valence-corrected chi connectivity index (χ3v) is 2.66. The first-order valence-corrected chi connectivity index (χ1v) is 5.69. The molecule has 5 heteroatoms. The van der Waals surface area contributed by atoms with Gasteiger partial charge in [0.05, 0.1) is 25.6 Å². The van der Waals surface area contributed by atoms with Crippen molar-refractivity contribution in [1.82, 2.24) is 0 Å². The fourth-order valence-electron chi connectivity index (χ4n) is 1.58. The second kappa shape index (κ2) is 5.39. The van der Waals surface area contributed by atoms with E-state index in [1.807, 2.05) is 0 Å². The Morgan fingerprint density at radius 2 is 1.16 bits per heavy atom. The van der Waals surface area contributed by atoms with Gasteiger partial charge in [-0.05, 0) is 24.3 Å². The molecule has 0 saturated heterocycles. The van der Waals surface area contributed by atoms with Crippen molar-refractivity contribution in [2.45, 2.75) is 0 Å². The SMILES string of the molecule is COc1ccc(N)c(Oc2cc(OC)ccc2N)c1. The summed E-state index contributed by atoms with van der Waals surface area (Å²) in [5.41, 5.74) is 12.7. The first-order chi connectivity index (χ1) is 9.13. The van der Waals surface area contributed by atoms with Gasteiger partial charge in [0.1, 0.15) is 11.5 Å². The lowest BCUT2D eigenvalue weighted by molar-refractivity contribution is 0.405. The van der Waals surface area contributed by atoms with E-state index in [9.17, 15) is 0 Å². The van der Waals surface area contributed by atoms with Gasteiger partial charge in [0.25, 0.3) is 0 Å². The van der Waals surface area contributed by atoms with Crippen LogP contribution in [0.3, 0.4) is 0 Å². The maximum Gasteiger partial charge on any atom is 0.154 e. The van der Waals surface area contributed by atoms with Crippen molar-refractivity contribution in [1.29, 1.82) is 0 Å². The number of hydrogen-bond acceptors (Lipinski definition) is 5. The zero-order valence-corrected chi connectivity index (χ0v) is 10.8. The van der Waals surface area contributed by atoms with Crippen LogP contribution in [0.15, 0.2) is 36.4 Å². The average molecular weight is 260 g/mol. The predicted molar refractivity (Wildman–Crippen MR) is 74.9 cm³/mol. The van der Waals surface area contributed by atoms with Crippen LogP contribution in [0.4, 0.5) is 11.4 Å². The minimum atomic E-state index is 0.485. The minimum Gasteiger partial charge on any atom is -0.497 e. The van der Waals surface area contributed by atoms with Crippen molar-refractivity contribution < 1.29 is 14.2 Å². The summed E-state index contributed by atoms with van der Waals surface area (Å²) in [6.45, 7) is 0. The van der Waals surface area contributed by atoms with Crippen molar-refractivity contribution in [3.05, 3.63) is 36.4 Å². The van der Waals surface area contributed by atoms with E-state index in [-0.39, 0.29) is 0 Å². The van der Waals surface area contributed by atoms with E-state index < -0.39 is 0 Å². The monoisotopic (exact) mass is 260 g/mol. The third-order valence-electron chi connectivity index (χ3n) is 2.66. The quantitative estimate of drug-likeness (QED) is 0.826. The van der Waals surface area contributed by atoms with E-state index in [4.69, 9.17) is 25.7 Å². The molecule has 2 aromatic carbocycles. The van der Waals surface area contributed by atoms with Crippen molar-refractivity contribution in [3.8, 4) is 23.0 Å². The molecule has 0 aliphatic heterocycles. The lowest BCUT2D eigenvalue weighted by atomic mass is 10.2. The molecule has 2 aromatic rings. The van der Waals surface area contributed by atoms with Gasteiger partial charge < -0.3 is 25.7 Å². The molecule has 0 aliphatic carbocycles. The third kappa shape index (κ3) is 2.82. The summed E-state index contributed by atoms with van der Waals surface area (Å²) in [5, 5.41) is 0. The van der Waals surface area contributed by atoms with Crippen LogP contribution >= 0.6 is 0 Å². The number of ether oxygens (including phenoxy) is 3. The second-order valence-electron chi connectivity index (χ2n) is 3.91. The van der Waals surface area contributed by atoms with Gasteiger partial charge in [-0.1, -0.05) is 0 Å². The Morgan fingerprint density at radius 3 is 1.53 bits per heavy atom. The van der Waals surface area contributed by atoms with Crippen molar-refractivity contribution in [2.24, 2.45) is 0 Å². The number of rotatable bonds is 4. The molecule has 100 valence electrons. The van der Waals surface area contributed by atoms with Crippen molar-refractivity contribution >= 4 is 11.4 Å². The molecule has 0 amide bonds. The van der Waals surface area contributed by atoms with Crippen LogP contribution in [0.25, 0.3) is 0 Å². The molecule has 4 N–H and O–H groups in total. The first-order valence-electron chi connectivity index (χ1n) is 5.69. The van der Waals surface area contributed by atoms with Gasteiger partial charge in [0, 0.05) is 12.1 Å². The number of hydrogen-bond donors (Lipinski definition) is 2. The van der Waals surface area contributed by atoms with Crippen LogP contribution in [0.2, 0.25) is 0 Å². The molecule has 19 heavy (non-hydrogen) atoms. The van der Waals surface area contributed by atoms with Crippen molar-refractivity contribution in [2.75, 3.05) is 25.7 Å². The maximum atomic E-state index is 5.86. The maximum absolute atomic E-state index is 5.86. The number of anilines is 2. The summed E-state index contributed by atoms with van der Waals surface area (Å²) in [4.78, 5) is 0. The summed E-state index contributed by atoms with van der Waals surface area (Å²) in [7, 11) is 3.16. The molecular weight excluding hydrogens is 244 g/mol. The first kappa shape index (κ1) is 12.9. The van der Waals surface area contributed by atoms with Gasteiger partial charge in [-0.2, -0.15) is 0 Å². The molecule has 0 bridgehead atoms. The molecule has 0 aromatic heterocycles. The molecule has 0 atom stereocenters. The Balaban J connectivity index is 2.35. The van der Waals surface area contributed by atoms with Crippen LogP contribution in [-0.4, -0.2) is 14.2 Å². The van der Waals surface area contributed by atoms with Crippen LogP contribution in [0, 0.1) is 0 Å². The zero-order chi connectivity index (χ0) is 13.8. The predicted octanol–water partition coefficient (Wildman–Crippen LogP) is 2.66.